The van der Waals surface area contributed by atoms with Gasteiger partial charge in [-0.2, -0.15) is 0 Å². The number of halogens is 3. The highest BCUT2D eigenvalue weighted by Crippen LogP contribution is 2.21. The zero-order chi connectivity index (χ0) is 14.0. The van der Waals surface area contributed by atoms with Crippen LogP contribution in [0.5, 0.6) is 0 Å². The summed E-state index contributed by atoms with van der Waals surface area (Å²) in [6.45, 7) is 0. The van der Waals surface area contributed by atoms with Crippen molar-refractivity contribution in [2.75, 3.05) is 11.1 Å². The summed E-state index contributed by atoms with van der Waals surface area (Å²) in [5.41, 5.74) is 6.11. The molecule has 0 atom stereocenters. The van der Waals surface area contributed by atoms with Gasteiger partial charge in [0.25, 0.3) is 5.91 Å². The zero-order valence-electron chi connectivity index (χ0n) is 9.58. The van der Waals surface area contributed by atoms with E-state index < -0.39 is 17.5 Å². The van der Waals surface area contributed by atoms with E-state index in [1.807, 2.05) is 0 Å². The molecule has 0 unspecified atom stereocenters. The van der Waals surface area contributed by atoms with Crippen LogP contribution >= 0.6 is 11.6 Å². The summed E-state index contributed by atoms with van der Waals surface area (Å²) in [6, 6.07) is 7.18. The summed E-state index contributed by atoms with van der Waals surface area (Å²) >= 11 is 5.58. The molecule has 0 heterocycles. The van der Waals surface area contributed by atoms with Crippen molar-refractivity contribution < 1.29 is 13.6 Å². The summed E-state index contributed by atoms with van der Waals surface area (Å²) in [4.78, 5) is 11.9. The fourth-order valence-corrected chi connectivity index (χ4v) is 1.66. The number of benzene rings is 2. The van der Waals surface area contributed by atoms with Crippen LogP contribution in [0.4, 0.5) is 20.2 Å². The Bertz CT molecular complexity index is 647. The molecule has 3 nitrogen and oxygen atoms in total. The lowest BCUT2D eigenvalue weighted by atomic mass is 10.2. The third-order valence-corrected chi connectivity index (χ3v) is 2.73. The number of rotatable bonds is 2. The van der Waals surface area contributed by atoms with Gasteiger partial charge in [-0.1, -0.05) is 11.6 Å². The number of nitrogens with one attached hydrogen (secondary N) is 1. The van der Waals surface area contributed by atoms with Crippen molar-refractivity contribution in [2.24, 2.45) is 0 Å². The van der Waals surface area contributed by atoms with E-state index >= 15 is 0 Å². The first-order valence-electron chi connectivity index (χ1n) is 5.29. The first-order chi connectivity index (χ1) is 8.97. The molecule has 2 rings (SSSR count). The normalized spacial score (nSPS) is 10.3. The smallest absolute Gasteiger partial charge is 0.255 e. The molecule has 3 N–H and O–H groups in total. The average Bonchev–Trinajstić information content (AvgIpc) is 2.36. The number of hydrogen-bond donors (Lipinski definition) is 2. The monoisotopic (exact) mass is 282 g/mol. The first-order valence-corrected chi connectivity index (χ1v) is 5.66. The molecule has 19 heavy (non-hydrogen) atoms. The van der Waals surface area contributed by atoms with E-state index in [2.05, 4.69) is 5.32 Å². The number of carbonyl (C=O) groups excluding carboxylic acids is 1. The van der Waals surface area contributed by atoms with Crippen LogP contribution in [-0.2, 0) is 0 Å². The lowest BCUT2D eigenvalue weighted by Crippen LogP contribution is -2.13. The molecule has 1 amide bonds. The van der Waals surface area contributed by atoms with E-state index in [1.165, 1.54) is 24.3 Å². The fourth-order valence-electron chi connectivity index (χ4n) is 1.48. The highest BCUT2D eigenvalue weighted by Gasteiger charge is 2.10. The Balaban J connectivity index is 2.23. The second-order valence-corrected chi connectivity index (χ2v) is 4.22. The lowest BCUT2D eigenvalue weighted by Gasteiger charge is -2.08. The Morgan fingerprint density at radius 3 is 2.53 bits per heavy atom. The Hall–Kier alpha value is -2.14. The van der Waals surface area contributed by atoms with Crippen molar-refractivity contribution in [1.29, 1.82) is 0 Å². The van der Waals surface area contributed by atoms with Gasteiger partial charge >= 0.3 is 0 Å². The van der Waals surface area contributed by atoms with Gasteiger partial charge in [-0.25, -0.2) is 8.78 Å². The number of nitrogens with two attached hydrogens (primary N) is 1. The van der Waals surface area contributed by atoms with E-state index in [-0.39, 0.29) is 22.0 Å². The van der Waals surface area contributed by atoms with Crippen LogP contribution in [0.3, 0.4) is 0 Å². The van der Waals surface area contributed by atoms with Crippen LogP contribution in [0.15, 0.2) is 36.4 Å². The molecule has 2 aromatic carbocycles. The van der Waals surface area contributed by atoms with Gasteiger partial charge in [0.05, 0.1) is 16.4 Å². The topological polar surface area (TPSA) is 55.1 Å². The summed E-state index contributed by atoms with van der Waals surface area (Å²) in [5.74, 6) is -1.62. The Morgan fingerprint density at radius 1 is 1.16 bits per heavy atom. The summed E-state index contributed by atoms with van der Waals surface area (Å²) < 4.78 is 25.8. The van der Waals surface area contributed by atoms with Crippen LogP contribution in [-0.4, -0.2) is 5.91 Å². The van der Waals surface area contributed by atoms with Crippen LogP contribution in [0.25, 0.3) is 0 Å². The maximum absolute atomic E-state index is 13.0. The van der Waals surface area contributed by atoms with E-state index in [0.717, 1.165) is 12.1 Å². The van der Waals surface area contributed by atoms with E-state index in [9.17, 15) is 13.6 Å². The molecule has 98 valence electrons. The zero-order valence-corrected chi connectivity index (χ0v) is 10.3. The number of carbonyl (C=O) groups is 1. The Labute approximate surface area is 113 Å². The molecule has 0 aliphatic rings. The van der Waals surface area contributed by atoms with Gasteiger partial charge in [0.2, 0.25) is 0 Å². The minimum Gasteiger partial charge on any atom is -0.397 e. The molecule has 0 aliphatic carbocycles. The van der Waals surface area contributed by atoms with Gasteiger partial charge in [-0.15, -0.1) is 0 Å². The van der Waals surface area contributed by atoms with Gasteiger partial charge in [-0.3, -0.25) is 4.79 Å². The Morgan fingerprint density at radius 2 is 1.89 bits per heavy atom. The summed E-state index contributed by atoms with van der Waals surface area (Å²) in [7, 11) is 0. The van der Waals surface area contributed by atoms with Gasteiger partial charge < -0.3 is 11.1 Å². The number of nitrogen functional groups attached to an aromatic ring is 1. The van der Waals surface area contributed by atoms with E-state index in [1.54, 1.807) is 0 Å². The van der Waals surface area contributed by atoms with Crippen LogP contribution in [0.2, 0.25) is 5.02 Å². The maximum atomic E-state index is 13.0. The minimum absolute atomic E-state index is 0.0987. The average molecular weight is 283 g/mol. The predicted molar refractivity (Wildman–Crippen MR) is 70.2 cm³/mol. The standard InChI is InChI=1S/C13H9ClF2N2O/c14-9-5-7(1-3-10(9)16)13(19)18-12-4-2-8(15)6-11(12)17/h1-6H,17H2,(H,18,19). The highest BCUT2D eigenvalue weighted by atomic mass is 35.5. The van der Waals surface area contributed by atoms with Gasteiger partial charge in [0.15, 0.2) is 0 Å². The van der Waals surface area contributed by atoms with E-state index in [0.29, 0.717) is 0 Å². The number of hydrogen-bond acceptors (Lipinski definition) is 2. The quantitative estimate of drug-likeness (QED) is 0.829. The van der Waals surface area contributed by atoms with Crippen molar-refractivity contribution in [1.82, 2.24) is 0 Å². The van der Waals surface area contributed by atoms with Crippen molar-refractivity contribution in [2.45, 2.75) is 0 Å². The van der Waals surface area contributed by atoms with Crippen LogP contribution in [0.1, 0.15) is 10.4 Å². The highest BCUT2D eigenvalue weighted by molar-refractivity contribution is 6.31. The molecule has 0 spiro atoms. The number of amides is 1. The molecular formula is C13H9ClF2N2O. The molecular weight excluding hydrogens is 274 g/mol. The molecule has 0 saturated carbocycles. The Kier molecular flexibility index (Phi) is 3.66. The fraction of sp³-hybridized carbons (Fsp3) is 0. The lowest BCUT2D eigenvalue weighted by molar-refractivity contribution is 0.102. The SMILES string of the molecule is Nc1cc(F)ccc1NC(=O)c1ccc(F)c(Cl)c1. The summed E-state index contributed by atoms with van der Waals surface area (Å²) in [5, 5.41) is 2.34. The second kappa shape index (κ2) is 5.24. The predicted octanol–water partition coefficient (Wildman–Crippen LogP) is 3.45. The third kappa shape index (κ3) is 3.00. The van der Waals surface area contributed by atoms with Crippen molar-refractivity contribution in [3.05, 3.63) is 58.6 Å². The van der Waals surface area contributed by atoms with Crippen LogP contribution < -0.4 is 11.1 Å². The molecule has 0 aromatic heterocycles. The molecule has 6 heteroatoms. The van der Waals surface area contributed by atoms with Crippen molar-refractivity contribution in [3.8, 4) is 0 Å². The van der Waals surface area contributed by atoms with Gasteiger partial charge in [0.1, 0.15) is 11.6 Å². The van der Waals surface area contributed by atoms with Gasteiger partial charge in [-0.05, 0) is 36.4 Å². The molecule has 2 aromatic rings. The minimum atomic E-state index is -0.612. The van der Waals surface area contributed by atoms with Gasteiger partial charge in [0, 0.05) is 5.56 Å². The van der Waals surface area contributed by atoms with E-state index in [4.69, 9.17) is 17.3 Å². The maximum Gasteiger partial charge on any atom is 0.255 e. The molecule has 0 radical (unpaired) electrons. The van der Waals surface area contributed by atoms with Crippen molar-refractivity contribution >= 4 is 28.9 Å². The number of anilines is 2. The largest absolute Gasteiger partial charge is 0.397 e. The first kappa shape index (κ1) is 13.3. The third-order valence-electron chi connectivity index (χ3n) is 2.44. The van der Waals surface area contributed by atoms with Crippen molar-refractivity contribution in [3.63, 3.8) is 0 Å². The molecule has 0 fully saturated rings. The molecule has 0 aliphatic heterocycles. The second-order valence-electron chi connectivity index (χ2n) is 3.81. The van der Waals surface area contributed by atoms with Crippen LogP contribution in [0, 0.1) is 11.6 Å². The molecule has 0 saturated heterocycles. The summed E-state index contributed by atoms with van der Waals surface area (Å²) in [6.07, 6.45) is 0. The molecule has 0 bridgehead atoms.